The minimum atomic E-state index is -3.15. The number of likely N-dealkylation sites (N-methyl/N-ethyl adjacent to an activating group) is 4. The van der Waals surface area contributed by atoms with Crippen LogP contribution in [0.3, 0.4) is 0 Å². The molecule has 5 saturated carbocycles. The Labute approximate surface area is 904 Å². The number of nitrogens with zero attached hydrogens (tertiary/aromatic N) is 4. The highest BCUT2D eigenvalue weighted by molar-refractivity contribution is 7.88. The topological polar surface area (TPSA) is 245 Å². The van der Waals surface area contributed by atoms with E-state index in [0.717, 1.165) is 96.1 Å². The molecule has 11 N–H and O–H groups in total. The van der Waals surface area contributed by atoms with Gasteiger partial charge in [0.05, 0.1) is 24.9 Å². The van der Waals surface area contributed by atoms with Crippen molar-refractivity contribution in [2.45, 2.75) is 329 Å². The number of benzene rings is 10. The van der Waals surface area contributed by atoms with Gasteiger partial charge in [-0.05, 0) is 264 Å². The van der Waals surface area contributed by atoms with Gasteiger partial charge < -0.3 is 52.5 Å². The van der Waals surface area contributed by atoms with Gasteiger partial charge >= 0.3 is 0 Å². The third kappa shape index (κ3) is 41.3. The zero-order valence-electron chi connectivity index (χ0n) is 98.0. The van der Waals surface area contributed by atoms with Crippen molar-refractivity contribution in [2.75, 3.05) is 115 Å². The molecule has 0 atom stereocenters. The average molecular weight is 2050 g/mol. The summed E-state index contributed by atoms with van der Waals surface area (Å²) >= 11 is 0. The summed E-state index contributed by atoms with van der Waals surface area (Å²) in [7, 11) is 11.1. The number of carbonyl (C=O) groups is 3. The number of aryl methyl sites for hydroxylation is 10. The number of carbonyl (C=O) groups excluding carboxylic acids is 3. The fraction of sp³-hybridized carbons (Fsp3) is 0.519. The number of sulfonamides is 1. The van der Waals surface area contributed by atoms with Crippen LogP contribution in [0, 0.1) is 69.2 Å². The first-order chi connectivity index (χ1) is 69.8. The molecule has 10 aromatic rings. The lowest BCUT2D eigenvalue weighted by molar-refractivity contribution is -0.131. The molecule has 5 aliphatic rings. The van der Waals surface area contributed by atoms with Crippen LogP contribution in [0.4, 0.5) is 0 Å². The molecule has 0 aliphatic heterocycles. The van der Waals surface area contributed by atoms with Gasteiger partial charge in [-0.3, -0.25) is 19.7 Å². The van der Waals surface area contributed by atoms with E-state index in [-0.39, 0.29) is 85.4 Å². The monoisotopic (exact) mass is 2050 g/mol. The highest BCUT2D eigenvalue weighted by Gasteiger charge is 2.44. The van der Waals surface area contributed by atoms with E-state index in [1.165, 1.54) is 150 Å². The molecule has 0 bridgehead atoms. The van der Waals surface area contributed by atoms with Crippen molar-refractivity contribution < 1.29 is 27.9 Å². The molecule has 0 heterocycles. The van der Waals surface area contributed by atoms with E-state index in [4.69, 9.17) is 22.3 Å². The molecule has 0 spiro atoms. The van der Waals surface area contributed by atoms with Crippen LogP contribution in [0.25, 0.3) is 0 Å². The lowest BCUT2D eigenvalue weighted by Gasteiger charge is -2.43. The zero-order valence-corrected chi connectivity index (χ0v) is 98.8. The number of aliphatic hydroxyl groups excluding tert-OH is 1. The Morgan fingerprint density at radius 1 is 0.369 bits per heavy atom. The predicted molar refractivity (Wildman–Crippen MR) is 634 cm³/mol. The molecule has 0 radical (unpaired) electrons. The lowest BCUT2D eigenvalue weighted by Crippen LogP contribution is -2.50. The summed E-state index contributed by atoms with van der Waals surface area (Å²) in [6.45, 7) is 57.6. The van der Waals surface area contributed by atoms with Crippen LogP contribution in [-0.4, -0.2) is 171 Å². The summed E-state index contributed by atoms with van der Waals surface area (Å²) in [5.41, 5.74) is 43.4. The number of amides is 3. The van der Waals surface area contributed by atoms with Crippen molar-refractivity contribution in [1.29, 1.82) is 0 Å². The van der Waals surface area contributed by atoms with Crippen molar-refractivity contribution in [3.63, 3.8) is 0 Å². The van der Waals surface area contributed by atoms with E-state index < -0.39 is 10.0 Å². The Morgan fingerprint density at radius 2 is 0.638 bits per heavy atom. The fourth-order valence-electron chi connectivity index (χ4n) is 20.0. The number of rotatable bonds is 33. The SMILES string of the molecule is CCN(C)CC(C)(C)c1ccc(C)cc1.CNCC(C)(C)c1ccc(C)cc1.Cc1ccc(C(C)(C)CN(C)C(C)C)cc1.Cc1ccc(C(C)(C)CN(C)C)cc1.Cc1ccc(C(C)(C)CN)cc1.Cc1ccc(C2(CC(=O)N(C)C)CCC2)cc1.Cc1ccc(C2(CC(N)=O)CCC2)cc1.Cc1ccc(C2(NCC(N)=O)CCC2)cc1.Cc1ccc(C2(NCCO)CCC2)cc1.Cc1ccc(C2(NS(C)(=O)=O)CCC2)cc1. The van der Waals surface area contributed by atoms with Crippen LogP contribution in [-0.2, 0) is 78.9 Å². The average Bonchev–Trinajstić information content (AvgIpc) is 0.776. The van der Waals surface area contributed by atoms with Crippen LogP contribution < -0.4 is 37.9 Å². The number of hydrogen-bond acceptors (Lipinski definition) is 13. The molecule has 149 heavy (non-hydrogen) atoms. The highest BCUT2D eigenvalue weighted by atomic mass is 32.2. The van der Waals surface area contributed by atoms with E-state index in [2.05, 4.69) is 434 Å². The van der Waals surface area contributed by atoms with Crippen molar-refractivity contribution in [3.05, 3.63) is 354 Å². The molecule has 5 aliphatic carbocycles. The smallest absolute Gasteiger partial charge is 0.231 e. The van der Waals surface area contributed by atoms with Crippen LogP contribution in [0.2, 0.25) is 0 Å². The molecule has 3 amide bonds. The van der Waals surface area contributed by atoms with Crippen LogP contribution in [0.5, 0.6) is 0 Å². The molecule has 0 aromatic heterocycles. The van der Waals surface area contributed by atoms with Gasteiger partial charge in [0.15, 0.2) is 0 Å². The standard InChI is InChI=1S/C15H21NO.C15H25N.C14H23N.C13H18N2O.C13H19NO.C13H17NO.C13H21N.C12H17NO2S.C12H19N.C11H17N/c1-12-5-7-13(8-6-12)15(9-4-10-15)11-14(17)16(2)3;1-12(2)16(6)11-15(4,5)14-9-7-13(3)8-10-14;1-6-15(5)11-14(3,4)13-9-7-12(2)8-10-13;1-10-3-5-11(6-4-10)13(7-2-8-13)15-9-12(14)16;1-11-3-5-12(6-4-11)13(7-2-8-13)14-9-10-15;1-10-3-5-11(6-4-10)13(7-2-8-13)9-12(14)15;1-11-6-8-12(9-7-11)13(2,3)10-14(4)5;1-10-4-6-11(7-5-10)12(8-3-9-12)13-16(2,14)15;1-10-5-7-11(8-6-10)12(2,3)9-13-4;1-9-4-6-10(7-5-9)11(2,3)8-12/h5-8H,4,9-11H2,1-3H3;7-10,12H,11H2,1-6H3;7-10H,6,11H2,1-5H3;3-6,15H,2,7-9H2,1H3,(H2,14,16);3-6,14-15H,2,7-10H2,1H3;3-6H,2,7-9H2,1H3,(H2,14,15);6-9H,10H2,1-5H3;4-7,13H,3,8-9H2,1-2H3;5-8,13H,9H2,1-4H3;4-7H,8,12H2,1-3H3. The molecule has 5 fully saturated rings. The van der Waals surface area contributed by atoms with Gasteiger partial charge in [-0.25, -0.2) is 13.1 Å². The van der Waals surface area contributed by atoms with Crippen molar-refractivity contribution in [2.24, 2.45) is 17.2 Å². The number of hydrogen-bond donors (Lipinski definition) is 8. The number of nitrogens with two attached hydrogens (primary N) is 3. The largest absolute Gasteiger partial charge is 0.395 e. The lowest BCUT2D eigenvalue weighted by atomic mass is 9.62. The third-order valence-electron chi connectivity index (χ3n) is 31.2. The second-order valence-electron chi connectivity index (χ2n) is 47.9. The van der Waals surface area contributed by atoms with Gasteiger partial charge in [0.2, 0.25) is 27.7 Å². The first-order valence-electron chi connectivity index (χ1n) is 54.7. The molecule has 0 saturated heterocycles. The number of primary amides is 2. The maximum atomic E-state index is 11.9. The van der Waals surface area contributed by atoms with E-state index in [1.54, 1.807) is 4.90 Å². The van der Waals surface area contributed by atoms with E-state index in [0.29, 0.717) is 32.0 Å². The Hall–Kier alpha value is -9.80. The van der Waals surface area contributed by atoms with Crippen LogP contribution in [0.15, 0.2) is 243 Å². The quantitative estimate of drug-likeness (QED) is 0.0191. The Balaban J connectivity index is 0.000000253. The molecule has 10 aromatic carbocycles. The van der Waals surface area contributed by atoms with E-state index >= 15 is 0 Å². The van der Waals surface area contributed by atoms with Gasteiger partial charge in [0.25, 0.3) is 0 Å². The highest BCUT2D eigenvalue weighted by Crippen LogP contribution is 2.49. The maximum absolute atomic E-state index is 11.9. The molecular formula is C131H197N11O6S. The Kier molecular flexibility index (Phi) is 50.5. The normalized spacial score (nSPS) is 15.3. The van der Waals surface area contributed by atoms with Crippen molar-refractivity contribution >= 4 is 27.7 Å². The fourth-order valence-corrected chi connectivity index (χ4v) is 21.0. The predicted octanol–water partition coefficient (Wildman–Crippen LogP) is 24.9. The Morgan fingerprint density at radius 3 is 0.879 bits per heavy atom. The molecule has 17 nitrogen and oxygen atoms in total. The minimum absolute atomic E-state index is 0.0112. The first-order valence-corrected chi connectivity index (χ1v) is 56.6. The maximum Gasteiger partial charge on any atom is 0.231 e. The second kappa shape index (κ2) is 58.9. The van der Waals surface area contributed by atoms with Crippen LogP contribution >= 0.6 is 0 Å². The van der Waals surface area contributed by atoms with Gasteiger partial charge in [0.1, 0.15) is 0 Å². The summed E-state index contributed by atoms with van der Waals surface area (Å²) in [6.07, 6.45) is 19.2. The second-order valence-corrected chi connectivity index (χ2v) is 49.7. The molecule has 18 heteroatoms. The van der Waals surface area contributed by atoms with Crippen LogP contribution in [0.1, 0.15) is 310 Å². The zero-order chi connectivity index (χ0) is 111. The first kappa shape index (κ1) is 128. The molecule has 15 rings (SSSR count). The summed E-state index contributed by atoms with van der Waals surface area (Å²) in [6, 6.07) is 87.1. The van der Waals surface area contributed by atoms with Crippen molar-refractivity contribution in [3.8, 4) is 0 Å². The molecule has 0 unspecified atom stereocenters. The minimum Gasteiger partial charge on any atom is -0.395 e. The van der Waals surface area contributed by atoms with Gasteiger partial charge in [0, 0.05) is 121 Å². The third-order valence-corrected chi connectivity index (χ3v) is 31.9. The summed E-state index contributed by atoms with van der Waals surface area (Å²) in [4.78, 5) is 42.5. The number of aliphatic hydroxyl groups is 1. The summed E-state index contributed by atoms with van der Waals surface area (Å²) in [5.74, 6) is -0.237. The van der Waals surface area contributed by atoms with Gasteiger partial charge in [-0.1, -0.05) is 387 Å². The van der Waals surface area contributed by atoms with E-state index in [9.17, 15) is 22.8 Å². The van der Waals surface area contributed by atoms with Gasteiger partial charge in [-0.15, -0.1) is 0 Å². The van der Waals surface area contributed by atoms with Gasteiger partial charge in [-0.2, -0.15) is 0 Å². The Bertz CT molecular complexity index is 5700. The van der Waals surface area contributed by atoms with E-state index in [1.807, 2.05) is 52.3 Å². The molecule has 818 valence electrons. The number of nitrogens with one attached hydrogen (secondary N) is 4. The molecular weight excluding hydrogens is 1860 g/mol. The summed E-state index contributed by atoms with van der Waals surface area (Å²) < 4.78 is 25.5. The van der Waals surface area contributed by atoms with Crippen molar-refractivity contribution in [1.82, 2.24) is 40.3 Å². The summed E-state index contributed by atoms with van der Waals surface area (Å²) in [5, 5.41) is 18.9.